The van der Waals surface area contributed by atoms with E-state index in [9.17, 15) is 8.42 Å². The van der Waals surface area contributed by atoms with Crippen LogP contribution >= 0.6 is 0 Å². The lowest BCUT2D eigenvalue weighted by Crippen LogP contribution is -2.64. The molecule has 1 saturated carbocycles. The van der Waals surface area contributed by atoms with Crippen LogP contribution in [0.15, 0.2) is 0 Å². The van der Waals surface area contributed by atoms with E-state index >= 15 is 0 Å². The molecule has 0 aromatic rings. The van der Waals surface area contributed by atoms with Crippen molar-refractivity contribution < 1.29 is 8.42 Å². The topological polar surface area (TPSA) is 49.4 Å². The second-order valence-corrected chi connectivity index (χ2v) is 9.47. The summed E-state index contributed by atoms with van der Waals surface area (Å²) in [6.45, 7) is 7.25. The predicted octanol–water partition coefficient (Wildman–Crippen LogP) is 1.66. The Morgan fingerprint density at radius 1 is 1.30 bits per heavy atom. The Morgan fingerprint density at radius 3 is 2.50 bits per heavy atom. The van der Waals surface area contributed by atoms with E-state index in [0.717, 1.165) is 13.1 Å². The highest BCUT2D eigenvalue weighted by atomic mass is 32.2. The summed E-state index contributed by atoms with van der Waals surface area (Å²) in [5.74, 6) is 0.977. The highest BCUT2D eigenvalue weighted by Gasteiger charge is 2.43. The molecule has 1 saturated heterocycles. The van der Waals surface area contributed by atoms with Crippen molar-refractivity contribution >= 4 is 9.84 Å². The van der Waals surface area contributed by atoms with Crippen molar-refractivity contribution in [2.45, 2.75) is 57.5 Å². The number of sulfone groups is 1. The van der Waals surface area contributed by atoms with Gasteiger partial charge in [0.1, 0.15) is 9.84 Å². The SMILES string of the molecule is CC(C)CC1CN(CCS(C)(=O)=O)C2(CCCC2)CN1. The van der Waals surface area contributed by atoms with Crippen molar-refractivity contribution in [1.82, 2.24) is 10.2 Å². The van der Waals surface area contributed by atoms with Crippen molar-refractivity contribution in [1.29, 1.82) is 0 Å². The van der Waals surface area contributed by atoms with Crippen LogP contribution in [0.4, 0.5) is 0 Å². The van der Waals surface area contributed by atoms with Gasteiger partial charge in [-0.25, -0.2) is 8.42 Å². The van der Waals surface area contributed by atoms with Crippen molar-refractivity contribution in [3.8, 4) is 0 Å². The lowest BCUT2D eigenvalue weighted by molar-refractivity contribution is 0.0443. The van der Waals surface area contributed by atoms with E-state index in [-0.39, 0.29) is 5.54 Å². The van der Waals surface area contributed by atoms with Crippen LogP contribution in [-0.4, -0.2) is 56.5 Å². The molecule has 5 heteroatoms. The summed E-state index contributed by atoms with van der Waals surface area (Å²) >= 11 is 0. The maximum atomic E-state index is 11.5. The van der Waals surface area contributed by atoms with Crippen molar-refractivity contribution in [2.24, 2.45) is 5.92 Å². The Morgan fingerprint density at radius 2 is 1.95 bits per heavy atom. The van der Waals surface area contributed by atoms with Gasteiger partial charge in [0.2, 0.25) is 0 Å². The summed E-state index contributed by atoms with van der Waals surface area (Å²) in [6.07, 6.45) is 7.53. The van der Waals surface area contributed by atoms with Crippen LogP contribution in [0.1, 0.15) is 46.0 Å². The molecule has 0 aromatic heterocycles. The van der Waals surface area contributed by atoms with E-state index in [1.807, 2.05) is 0 Å². The maximum Gasteiger partial charge on any atom is 0.148 e. The van der Waals surface area contributed by atoms with Crippen LogP contribution in [0.3, 0.4) is 0 Å². The molecular formula is C15H30N2O2S. The van der Waals surface area contributed by atoms with Crippen molar-refractivity contribution in [3.05, 3.63) is 0 Å². The molecule has 1 aliphatic heterocycles. The lowest BCUT2D eigenvalue weighted by atomic mass is 9.89. The predicted molar refractivity (Wildman–Crippen MR) is 83.7 cm³/mol. The quantitative estimate of drug-likeness (QED) is 0.839. The molecule has 0 amide bonds. The first-order valence-electron chi connectivity index (χ1n) is 7.97. The van der Waals surface area contributed by atoms with E-state index in [0.29, 0.717) is 24.3 Å². The van der Waals surface area contributed by atoms with Gasteiger partial charge in [-0.2, -0.15) is 0 Å². The minimum Gasteiger partial charge on any atom is -0.311 e. The van der Waals surface area contributed by atoms with Gasteiger partial charge >= 0.3 is 0 Å². The van der Waals surface area contributed by atoms with E-state index in [2.05, 4.69) is 24.1 Å². The van der Waals surface area contributed by atoms with Crippen molar-refractivity contribution in [2.75, 3.05) is 31.6 Å². The first-order chi connectivity index (χ1) is 9.31. The molecule has 20 heavy (non-hydrogen) atoms. The Balaban J connectivity index is 2.03. The highest BCUT2D eigenvalue weighted by molar-refractivity contribution is 7.90. The van der Waals surface area contributed by atoms with E-state index < -0.39 is 9.84 Å². The monoisotopic (exact) mass is 302 g/mol. The molecule has 1 unspecified atom stereocenters. The third-order valence-corrected chi connectivity index (χ3v) is 5.78. The third-order valence-electron chi connectivity index (χ3n) is 4.85. The molecule has 2 fully saturated rings. The van der Waals surface area contributed by atoms with Crippen LogP contribution in [0.5, 0.6) is 0 Å². The first-order valence-corrected chi connectivity index (χ1v) is 10.0. The van der Waals surface area contributed by atoms with Gasteiger partial charge in [-0.15, -0.1) is 0 Å². The van der Waals surface area contributed by atoms with Gasteiger partial charge in [0.15, 0.2) is 0 Å². The van der Waals surface area contributed by atoms with Crippen LogP contribution in [0.2, 0.25) is 0 Å². The maximum absolute atomic E-state index is 11.5. The largest absolute Gasteiger partial charge is 0.311 e. The Bertz CT molecular complexity index is 414. The molecule has 0 radical (unpaired) electrons. The molecule has 2 aliphatic rings. The van der Waals surface area contributed by atoms with Gasteiger partial charge < -0.3 is 5.32 Å². The molecule has 1 heterocycles. The van der Waals surface area contributed by atoms with Gasteiger partial charge in [0, 0.05) is 37.5 Å². The smallest absolute Gasteiger partial charge is 0.148 e. The third kappa shape index (κ3) is 4.18. The number of piperazine rings is 1. The van der Waals surface area contributed by atoms with E-state index in [1.165, 1.54) is 38.4 Å². The zero-order valence-corrected chi connectivity index (χ0v) is 14.0. The van der Waals surface area contributed by atoms with Gasteiger partial charge in [-0.1, -0.05) is 26.7 Å². The lowest BCUT2D eigenvalue weighted by Gasteiger charge is -2.48. The van der Waals surface area contributed by atoms with Gasteiger partial charge in [-0.05, 0) is 25.2 Å². The average Bonchev–Trinajstić information content (AvgIpc) is 2.78. The minimum atomic E-state index is -2.87. The summed E-state index contributed by atoms with van der Waals surface area (Å²) in [6, 6.07) is 0.515. The van der Waals surface area contributed by atoms with Crippen LogP contribution in [-0.2, 0) is 9.84 Å². The molecule has 4 nitrogen and oxygen atoms in total. The summed E-state index contributed by atoms with van der Waals surface area (Å²) in [5, 5.41) is 3.72. The van der Waals surface area contributed by atoms with Gasteiger partial charge in [-0.3, -0.25) is 4.90 Å². The number of rotatable bonds is 5. The molecule has 1 aliphatic carbocycles. The van der Waals surface area contributed by atoms with Crippen molar-refractivity contribution in [3.63, 3.8) is 0 Å². The fourth-order valence-electron chi connectivity index (χ4n) is 3.83. The Kier molecular flexibility index (Phi) is 5.14. The van der Waals surface area contributed by atoms with Gasteiger partial charge in [0.25, 0.3) is 0 Å². The Hall–Kier alpha value is -0.130. The number of nitrogens with one attached hydrogen (secondary N) is 1. The molecule has 1 N–H and O–H groups in total. The fourth-order valence-corrected chi connectivity index (χ4v) is 4.38. The summed E-state index contributed by atoms with van der Waals surface area (Å²) in [4.78, 5) is 2.49. The summed E-state index contributed by atoms with van der Waals surface area (Å²) < 4.78 is 23.0. The second kappa shape index (κ2) is 6.32. The zero-order valence-electron chi connectivity index (χ0n) is 13.2. The molecular weight excluding hydrogens is 272 g/mol. The molecule has 1 atom stereocenters. The Labute approximate surface area is 124 Å². The first kappa shape index (κ1) is 16.2. The van der Waals surface area contributed by atoms with E-state index in [4.69, 9.17) is 0 Å². The highest BCUT2D eigenvalue weighted by Crippen LogP contribution is 2.37. The normalized spacial score (nSPS) is 27.5. The van der Waals surface area contributed by atoms with Crippen LogP contribution in [0, 0.1) is 5.92 Å². The zero-order chi connectivity index (χ0) is 14.8. The van der Waals surface area contributed by atoms with Crippen LogP contribution in [0.25, 0.3) is 0 Å². The standard InChI is InChI=1S/C15H30N2O2S/c1-13(2)10-14-11-17(8-9-20(3,18)19)15(12-16-14)6-4-5-7-15/h13-14,16H,4-12H2,1-3H3. The van der Waals surface area contributed by atoms with E-state index in [1.54, 1.807) is 0 Å². The summed E-state index contributed by atoms with van der Waals surface area (Å²) in [5.41, 5.74) is 0.234. The molecule has 0 bridgehead atoms. The summed E-state index contributed by atoms with van der Waals surface area (Å²) in [7, 11) is -2.87. The number of hydrogen-bond donors (Lipinski definition) is 1. The molecule has 0 aromatic carbocycles. The molecule has 2 rings (SSSR count). The van der Waals surface area contributed by atoms with Gasteiger partial charge in [0.05, 0.1) is 5.75 Å². The minimum absolute atomic E-state index is 0.234. The molecule has 118 valence electrons. The fraction of sp³-hybridized carbons (Fsp3) is 1.00. The number of nitrogens with zero attached hydrogens (tertiary/aromatic N) is 1. The number of hydrogen-bond acceptors (Lipinski definition) is 4. The molecule has 1 spiro atoms. The van der Waals surface area contributed by atoms with Crippen LogP contribution < -0.4 is 5.32 Å². The second-order valence-electron chi connectivity index (χ2n) is 7.21. The average molecular weight is 302 g/mol.